The molecule has 1 aromatic rings. The summed E-state index contributed by atoms with van der Waals surface area (Å²) in [6, 6.07) is 1.87. The summed E-state index contributed by atoms with van der Waals surface area (Å²) in [6.45, 7) is 2.77. The highest BCUT2D eigenvalue weighted by atomic mass is 19.3. The van der Waals surface area contributed by atoms with Crippen molar-refractivity contribution in [2.24, 2.45) is 0 Å². The molecule has 1 aromatic heterocycles. The minimum Gasteiger partial charge on any atom is -0.456 e. The van der Waals surface area contributed by atoms with E-state index in [1.54, 1.807) is 10.9 Å². The van der Waals surface area contributed by atoms with Gasteiger partial charge in [-0.2, -0.15) is 13.9 Å². The molecule has 1 saturated heterocycles. The van der Waals surface area contributed by atoms with Crippen LogP contribution in [0, 0.1) is 0 Å². The Labute approximate surface area is 103 Å². The van der Waals surface area contributed by atoms with E-state index in [1.807, 2.05) is 19.2 Å². The number of hydrogen-bond acceptors (Lipinski definition) is 4. The Bertz CT molecular complexity index is 408. The van der Waals surface area contributed by atoms with Crippen molar-refractivity contribution in [3.05, 3.63) is 18.5 Å². The quantitative estimate of drug-likeness (QED) is 0.795. The molecule has 2 atom stereocenters. The van der Waals surface area contributed by atoms with Crippen molar-refractivity contribution in [2.75, 3.05) is 6.54 Å². The Morgan fingerprint density at radius 1 is 1.72 bits per heavy atom. The smallest absolute Gasteiger partial charge is 0.377 e. The SMILES string of the molecule is CC(Cn1cccn1)NCC1CC(F)(F)C(=O)O1. The summed E-state index contributed by atoms with van der Waals surface area (Å²) in [5.41, 5.74) is 0. The number of esters is 1. The Morgan fingerprint density at radius 3 is 3.06 bits per heavy atom. The molecule has 0 amide bonds. The normalized spacial score (nSPS) is 23.9. The zero-order valence-electron chi connectivity index (χ0n) is 9.97. The molecule has 5 nitrogen and oxygen atoms in total. The molecule has 0 aromatic carbocycles. The van der Waals surface area contributed by atoms with E-state index in [-0.39, 0.29) is 12.6 Å². The number of rotatable bonds is 5. The van der Waals surface area contributed by atoms with E-state index in [0.717, 1.165) is 0 Å². The van der Waals surface area contributed by atoms with Gasteiger partial charge in [-0.25, -0.2) is 4.79 Å². The standard InChI is InChI=1S/C11H15F2N3O2/c1-8(7-16-4-2-3-15-16)14-6-9-5-11(12,13)10(17)18-9/h2-4,8-9,14H,5-7H2,1H3. The van der Waals surface area contributed by atoms with Gasteiger partial charge in [-0.05, 0) is 13.0 Å². The Morgan fingerprint density at radius 2 is 2.50 bits per heavy atom. The molecule has 0 spiro atoms. The molecule has 1 aliphatic rings. The molecule has 0 aliphatic carbocycles. The molecule has 0 bridgehead atoms. The van der Waals surface area contributed by atoms with Gasteiger partial charge in [0.2, 0.25) is 0 Å². The van der Waals surface area contributed by atoms with E-state index in [2.05, 4.69) is 15.2 Å². The Kier molecular flexibility index (Phi) is 3.60. The first-order valence-electron chi connectivity index (χ1n) is 5.77. The van der Waals surface area contributed by atoms with Crippen molar-refractivity contribution in [2.45, 2.75) is 38.0 Å². The largest absolute Gasteiger partial charge is 0.456 e. The second-order valence-electron chi connectivity index (χ2n) is 4.47. The lowest BCUT2D eigenvalue weighted by Gasteiger charge is -2.16. The van der Waals surface area contributed by atoms with Crippen LogP contribution in [0.2, 0.25) is 0 Å². The van der Waals surface area contributed by atoms with Crippen LogP contribution in [-0.2, 0) is 16.1 Å². The van der Waals surface area contributed by atoms with Gasteiger partial charge in [0.25, 0.3) is 0 Å². The van der Waals surface area contributed by atoms with Gasteiger partial charge < -0.3 is 10.1 Å². The van der Waals surface area contributed by atoms with Crippen LogP contribution in [0.3, 0.4) is 0 Å². The van der Waals surface area contributed by atoms with E-state index in [0.29, 0.717) is 6.54 Å². The molecule has 1 fully saturated rings. The van der Waals surface area contributed by atoms with Gasteiger partial charge in [0.15, 0.2) is 0 Å². The van der Waals surface area contributed by atoms with Crippen LogP contribution >= 0.6 is 0 Å². The van der Waals surface area contributed by atoms with Crippen molar-refractivity contribution in [3.8, 4) is 0 Å². The van der Waals surface area contributed by atoms with Gasteiger partial charge in [0.1, 0.15) is 6.10 Å². The van der Waals surface area contributed by atoms with Crippen LogP contribution in [0.15, 0.2) is 18.5 Å². The zero-order chi connectivity index (χ0) is 13.2. The number of carbonyl (C=O) groups excluding carboxylic acids is 1. The number of nitrogens with one attached hydrogen (secondary N) is 1. The molecule has 2 rings (SSSR count). The van der Waals surface area contributed by atoms with Gasteiger partial charge in [-0.15, -0.1) is 0 Å². The summed E-state index contributed by atoms with van der Waals surface area (Å²) >= 11 is 0. The average molecular weight is 259 g/mol. The number of alkyl halides is 2. The molecule has 2 heterocycles. The average Bonchev–Trinajstić information content (AvgIpc) is 2.85. The first-order valence-corrected chi connectivity index (χ1v) is 5.77. The number of nitrogens with zero attached hydrogens (tertiary/aromatic N) is 2. The van der Waals surface area contributed by atoms with E-state index in [1.165, 1.54) is 0 Å². The highest BCUT2D eigenvalue weighted by Gasteiger charge is 2.50. The predicted molar refractivity (Wildman–Crippen MR) is 59.1 cm³/mol. The van der Waals surface area contributed by atoms with Crippen LogP contribution in [0.25, 0.3) is 0 Å². The maximum atomic E-state index is 12.9. The predicted octanol–water partition coefficient (Wildman–Crippen LogP) is 0.812. The maximum absolute atomic E-state index is 12.9. The van der Waals surface area contributed by atoms with Crippen molar-refractivity contribution >= 4 is 5.97 Å². The zero-order valence-corrected chi connectivity index (χ0v) is 9.97. The summed E-state index contributed by atoms with van der Waals surface area (Å²) < 4.78 is 32.1. The van der Waals surface area contributed by atoms with E-state index in [4.69, 9.17) is 0 Å². The Hall–Kier alpha value is -1.50. The molecule has 2 unspecified atom stereocenters. The van der Waals surface area contributed by atoms with E-state index < -0.39 is 24.4 Å². The van der Waals surface area contributed by atoms with E-state index >= 15 is 0 Å². The van der Waals surface area contributed by atoms with Gasteiger partial charge >= 0.3 is 11.9 Å². The lowest BCUT2D eigenvalue weighted by Crippen LogP contribution is -2.36. The van der Waals surface area contributed by atoms with E-state index in [9.17, 15) is 13.6 Å². The topological polar surface area (TPSA) is 56.2 Å². The molecule has 100 valence electrons. The highest BCUT2D eigenvalue weighted by Crippen LogP contribution is 2.30. The molecule has 1 aliphatic heterocycles. The number of ether oxygens (including phenoxy) is 1. The van der Waals surface area contributed by atoms with Crippen molar-refractivity contribution < 1.29 is 18.3 Å². The summed E-state index contributed by atoms with van der Waals surface area (Å²) in [4.78, 5) is 10.8. The fraction of sp³-hybridized carbons (Fsp3) is 0.636. The minimum atomic E-state index is -3.34. The van der Waals surface area contributed by atoms with Crippen molar-refractivity contribution in [1.82, 2.24) is 15.1 Å². The molecule has 0 radical (unpaired) electrons. The van der Waals surface area contributed by atoms with Crippen molar-refractivity contribution in [3.63, 3.8) is 0 Å². The molecular weight excluding hydrogens is 244 g/mol. The molecule has 7 heteroatoms. The maximum Gasteiger partial charge on any atom is 0.377 e. The number of hydrogen-bond donors (Lipinski definition) is 1. The molecule has 1 N–H and O–H groups in total. The van der Waals surface area contributed by atoms with Crippen LogP contribution in [-0.4, -0.2) is 40.4 Å². The third-order valence-electron chi connectivity index (χ3n) is 2.77. The fourth-order valence-electron chi connectivity index (χ4n) is 1.85. The molecule has 0 saturated carbocycles. The lowest BCUT2D eigenvalue weighted by atomic mass is 10.2. The summed E-state index contributed by atoms with van der Waals surface area (Å²) in [6.07, 6.45) is 2.19. The second-order valence-corrected chi connectivity index (χ2v) is 4.47. The highest BCUT2D eigenvalue weighted by molar-refractivity contribution is 5.79. The molecular formula is C11H15F2N3O2. The number of carbonyl (C=O) groups is 1. The number of cyclic esters (lactones) is 1. The summed E-state index contributed by atoms with van der Waals surface area (Å²) in [7, 11) is 0. The van der Waals surface area contributed by atoms with Crippen LogP contribution in [0.4, 0.5) is 8.78 Å². The van der Waals surface area contributed by atoms with Crippen LogP contribution in [0.1, 0.15) is 13.3 Å². The van der Waals surface area contributed by atoms with Gasteiger partial charge in [0, 0.05) is 25.0 Å². The van der Waals surface area contributed by atoms with Gasteiger partial charge in [-0.3, -0.25) is 4.68 Å². The van der Waals surface area contributed by atoms with Crippen LogP contribution in [0.5, 0.6) is 0 Å². The molecule has 18 heavy (non-hydrogen) atoms. The number of halogens is 2. The summed E-state index contributed by atoms with van der Waals surface area (Å²) in [5.74, 6) is -4.76. The second kappa shape index (κ2) is 5.01. The first-order chi connectivity index (χ1) is 8.47. The fourth-order valence-corrected chi connectivity index (χ4v) is 1.85. The summed E-state index contributed by atoms with van der Waals surface area (Å²) in [5, 5.41) is 7.09. The van der Waals surface area contributed by atoms with Crippen LogP contribution < -0.4 is 5.32 Å². The first kappa shape index (κ1) is 12.9. The monoisotopic (exact) mass is 259 g/mol. The third kappa shape index (κ3) is 3.04. The van der Waals surface area contributed by atoms with Crippen molar-refractivity contribution in [1.29, 1.82) is 0 Å². The van der Waals surface area contributed by atoms with Gasteiger partial charge in [-0.1, -0.05) is 0 Å². The lowest BCUT2D eigenvalue weighted by molar-refractivity contribution is -0.159. The minimum absolute atomic E-state index is 0.0535. The van der Waals surface area contributed by atoms with Gasteiger partial charge in [0.05, 0.1) is 13.0 Å². The number of aromatic nitrogens is 2. The third-order valence-corrected chi connectivity index (χ3v) is 2.77. The Balaban J connectivity index is 1.74.